The van der Waals surface area contributed by atoms with E-state index in [4.69, 9.17) is 16.3 Å². The zero-order valence-corrected chi connectivity index (χ0v) is 16.4. The number of hydrogen-bond acceptors (Lipinski definition) is 6. The van der Waals surface area contributed by atoms with Gasteiger partial charge in [0.2, 0.25) is 0 Å². The normalized spacial score (nSPS) is 10.2. The summed E-state index contributed by atoms with van der Waals surface area (Å²) < 4.78 is 4.81. The Morgan fingerprint density at radius 2 is 1.76 bits per heavy atom. The molecule has 2 aromatic carbocycles. The van der Waals surface area contributed by atoms with Crippen molar-refractivity contribution in [2.75, 3.05) is 18.5 Å². The van der Waals surface area contributed by atoms with Crippen LogP contribution in [0.4, 0.5) is 11.4 Å². The van der Waals surface area contributed by atoms with Crippen LogP contribution in [-0.4, -0.2) is 35.9 Å². The number of benzene rings is 2. The van der Waals surface area contributed by atoms with Crippen LogP contribution >= 0.6 is 11.6 Å². The van der Waals surface area contributed by atoms with Crippen molar-refractivity contribution in [2.24, 2.45) is 0 Å². The molecule has 0 aromatic heterocycles. The number of aryl methyl sites for hydroxylation is 2. The molecule has 0 heterocycles. The largest absolute Gasteiger partial charge is 0.454 e. The van der Waals surface area contributed by atoms with Gasteiger partial charge >= 0.3 is 5.97 Å². The number of ether oxygens (including phenoxy) is 1. The first-order chi connectivity index (χ1) is 13.7. The number of anilines is 1. The minimum Gasteiger partial charge on any atom is -0.454 e. The van der Waals surface area contributed by atoms with Crippen molar-refractivity contribution in [3.8, 4) is 0 Å². The van der Waals surface area contributed by atoms with E-state index in [-0.39, 0.29) is 10.6 Å². The highest BCUT2D eigenvalue weighted by Gasteiger charge is 2.17. The van der Waals surface area contributed by atoms with Gasteiger partial charge in [0.1, 0.15) is 11.6 Å². The van der Waals surface area contributed by atoms with Gasteiger partial charge in [-0.2, -0.15) is 0 Å². The van der Waals surface area contributed by atoms with Crippen molar-refractivity contribution in [1.82, 2.24) is 5.32 Å². The van der Waals surface area contributed by atoms with Gasteiger partial charge in [0.25, 0.3) is 17.5 Å². The summed E-state index contributed by atoms with van der Waals surface area (Å²) >= 11 is 5.68. The van der Waals surface area contributed by atoms with Gasteiger partial charge in [-0.3, -0.25) is 24.5 Å². The van der Waals surface area contributed by atoms with Crippen LogP contribution in [0.25, 0.3) is 0 Å². The molecular formula is C19H18ClN3O6. The van der Waals surface area contributed by atoms with Crippen LogP contribution in [0.15, 0.2) is 36.4 Å². The van der Waals surface area contributed by atoms with E-state index in [0.717, 1.165) is 17.2 Å². The van der Waals surface area contributed by atoms with Crippen molar-refractivity contribution in [3.63, 3.8) is 0 Å². The maximum atomic E-state index is 12.0. The third-order valence-corrected chi connectivity index (χ3v) is 3.99. The van der Waals surface area contributed by atoms with E-state index in [2.05, 4.69) is 10.6 Å². The summed E-state index contributed by atoms with van der Waals surface area (Å²) in [6.45, 7) is 2.75. The Bertz CT molecular complexity index is 956. The van der Waals surface area contributed by atoms with Gasteiger partial charge in [0.15, 0.2) is 6.61 Å². The van der Waals surface area contributed by atoms with E-state index in [0.29, 0.717) is 5.69 Å². The molecule has 9 nitrogen and oxygen atoms in total. The first-order valence-electron chi connectivity index (χ1n) is 8.41. The molecule has 0 aliphatic carbocycles. The number of esters is 1. The highest BCUT2D eigenvalue weighted by atomic mass is 35.5. The van der Waals surface area contributed by atoms with Crippen LogP contribution in [0, 0.1) is 24.0 Å². The molecule has 0 fully saturated rings. The molecule has 0 radical (unpaired) electrons. The minimum atomic E-state index is -0.836. The van der Waals surface area contributed by atoms with Gasteiger partial charge in [-0.15, -0.1) is 0 Å². The van der Waals surface area contributed by atoms with Crippen LogP contribution < -0.4 is 10.6 Å². The summed E-state index contributed by atoms with van der Waals surface area (Å²) in [6.07, 6.45) is 0. The van der Waals surface area contributed by atoms with E-state index in [9.17, 15) is 24.5 Å². The summed E-state index contributed by atoms with van der Waals surface area (Å²) in [5.74, 6) is -2.08. The molecule has 10 heteroatoms. The smallest absolute Gasteiger partial charge is 0.325 e. The van der Waals surface area contributed by atoms with Crippen molar-refractivity contribution in [3.05, 3.63) is 68.2 Å². The predicted octanol–water partition coefficient (Wildman–Crippen LogP) is 2.78. The van der Waals surface area contributed by atoms with Gasteiger partial charge < -0.3 is 15.4 Å². The molecule has 0 saturated heterocycles. The molecule has 2 amide bonds. The predicted molar refractivity (Wildman–Crippen MR) is 106 cm³/mol. The highest BCUT2D eigenvalue weighted by molar-refractivity contribution is 6.32. The monoisotopic (exact) mass is 419 g/mol. The molecule has 0 aliphatic heterocycles. The van der Waals surface area contributed by atoms with Gasteiger partial charge in [-0.05, 0) is 49.2 Å². The van der Waals surface area contributed by atoms with Gasteiger partial charge in [0.05, 0.1) is 4.92 Å². The maximum absolute atomic E-state index is 12.0. The first kappa shape index (κ1) is 21.8. The summed E-state index contributed by atoms with van der Waals surface area (Å²) in [5.41, 5.74) is 2.07. The molecule has 2 rings (SSSR count). The second kappa shape index (κ2) is 9.65. The topological polar surface area (TPSA) is 128 Å². The lowest BCUT2D eigenvalue weighted by molar-refractivity contribution is -0.384. The zero-order valence-electron chi connectivity index (χ0n) is 15.7. The lowest BCUT2D eigenvalue weighted by Crippen LogP contribution is -2.32. The number of nitro benzene ring substituents is 1. The Hall–Kier alpha value is -3.46. The quantitative estimate of drug-likeness (QED) is 0.403. The molecule has 2 aromatic rings. The second-order valence-electron chi connectivity index (χ2n) is 6.19. The SMILES string of the molecule is Cc1cc(C)cc(NC(=O)COC(=O)CNC(=O)c2ccc(Cl)c([N+](=O)[O-])c2)c1. The van der Waals surface area contributed by atoms with Crippen molar-refractivity contribution in [2.45, 2.75) is 13.8 Å². The summed E-state index contributed by atoms with van der Waals surface area (Å²) in [6, 6.07) is 9.00. The molecule has 0 unspecified atom stereocenters. The molecule has 152 valence electrons. The Morgan fingerprint density at radius 3 is 2.38 bits per heavy atom. The molecule has 0 spiro atoms. The number of carbonyl (C=O) groups is 3. The van der Waals surface area contributed by atoms with E-state index in [1.54, 1.807) is 12.1 Å². The third-order valence-electron chi connectivity index (χ3n) is 3.67. The summed E-state index contributed by atoms with van der Waals surface area (Å²) in [7, 11) is 0. The molecule has 0 saturated carbocycles. The van der Waals surface area contributed by atoms with E-state index >= 15 is 0 Å². The zero-order chi connectivity index (χ0) is 21.6. The number of carbonyl (C=O) groups excluding carboxylic acids is 3. The van der Waals surface area contributed by atoms with Crippen LogP contribution in [0.2, 0.25) is 5.02 Å². The Kier molecular flexibility index (Phi) is 7.27. The molecule has 2 N–H and O–H groups in total. The number of halogens is 1. The molecular weight excluding hydrogens is 402 g/mol. The number of nitrogens with zero attached hydrogens (tertiary/aromatic N) is 1. The number of nitro groups is 1. The Balaban J connectivity index is 1.82. The number of nitrogens with one attached hydrogen (secondary N) is 2. The lowest BCUT2D eigenvalue weighted by Gasteiger charge is -2.09. The van der Waals surface area contributed by atoms with Crippen LogP contribution in [0.5, 0.6) is 0 Å². The van der Waals surface area contributed by atoms with Gasteiger partial charge in [-0.25, -0.2) is 0 Å². The molecule has 0 atom stereocenters. The standard InChI is InChI=1S/C19H18ClN3O6/c1-11-5-12(2)7-14(6-11)22-17(24)10-29-18(25)9-21-19(26)13-3-4-15(20)16(8-13)23(27)28/h3-8H,9-10H2,1-2H3,(H,21,26)(H,22,24). The average molecular weight is 420 g/mol. The third kappa shape index (κ3) is 6.58. The van der Waals surface area contributed by atoms with Gasteiger partial charge in [0, 0.05) is 17.3 Å². The number of hydrogen-bond donors (Lipinski definition) is 2. The number of amides is 2. The Labute approximate surface area is 171 Å². The fourth-order valence-electron chi connectivity index (χ4n) is 2.49. The van der Waals surface area contributed by atoms with Crippen molar-refractivity contribution in [1.29, 1.82) is 0 Å². The van der Waals surface area contributed by atoms with Crippen molar-refractivity contribution >= 4 is 40.8 Å². The van der Waals surface area contributed by atoms with Crippen LogP contribution in [-0.2, 0) is 14.3 Å². The lowest BCUT2D eigenvalue weighted by atomic mass is 10.1. The maximum Gasteiger partial charge on any atom is 0.325 e. The van der Waals surface area contributed by atoms with Gasteiger partial charge in [-0.1, -0.05) is 17.7 Å². The number of rotatable bonds is 7. The fourth-order valence-corrected chi connectivity index (χ4v) is 2.68. The first-order valence-corrected chi connectivity index (χ1v) is 8.79. The molecule has 29 heavy (non-hydrogen) atoms. The van der Waals surface area contributed by atoms with Crippen LogP contribution in [0.1, 0.15) is 21.5 Å². The van der Waals surface area contributed by atoms with E-state index in [1.807, 2.05) is 19.9 Å². The van der Waals surface area contributed by atoms with Crippen LogP contribution in [0.3, 0.4) is 0 Å². The van der Waals surface area contributed by atoms with E-state index in [1.165, 1.54) is 12.1 Å². The minimum absolute atomic E-state index is 0.0403. The Morgan fingerprint density at radius 1 is 1.10 bits per heavy atom. The summed E-state index contributed by atoms with van der Waals surface area (Å²) in [5, 5.41) is 15.6. The fraction of sp³-hybridized carbons (Fsp3) is 0.211. The van der Waals surface area contributed by atoms with E-state index < -0.39 is 41.5 Å². The average Bonchev–Trinajstić information content (AvgIpc) is 2.63. The molecule has 0 bridgehead atoms. The second-order valence-corrected chi connectivity index (χ2v) is 6.60. The highest BCUT2D eigenvalue weighted by Crippen LogP contribution is 2.24. The summed E-state index contributed by atoms with van der Waals surface area (Å²) in [4.78, 5) is 45.8. The molecule has 0 aliphatic rings. The van der Waals surface area contributed by atoms with Crippen molar-refractivity contribution < 1.29 is 24.0 Å².